The number of carboxylic acids is 1. The second-order valence-corrected chi connectivity index (χ2v) is 3.96. The molecule has 1 atom stereocenters. The summed E-state index contributed by atoms with van der Waals surface area (Å²) >= 11 is 0. The third kappa shape index (κ3) is 3.17. The number of rotatable bonds is 3. The highest BCUT2D eigenvalue weighted by Crippen LogP contribution is 2.27. The van der Waals surface area contributed by atoms with E-state index in [2.05, 4.69) is 0 Å². The molecule has 0 spiro atoms. The Morgan fingerprint density at radius 1 is 1.54 bits per heavy atom. The molecule has 1 saturated carbocycles. The second kappa shape index (κ2) is 4.40. The highest BCUT2D eigenvalue weighted by Gasteiger charge is 2.22. The molecule has 1 aliphatic rings. The molecule has 1 aliphatic carbocycles. The van der Waals surface area contributed by atoms with E-state index in [0.29, 0.717) is 24.5 Å². The van der Waals surface area contributed by atoms with Crippen LogP contribution in [0.1, 0.15) is 39.0 Å². The number of carbonyl (C=O) groups excluding carboxylic acids is 1. The van der Waals surface area contributed by atoms with Crippen LogP contribution in [0.3, 0.4) is 0 Å². The SMILES string of the molecule is C[C@H](CC1CCC(=O)CC1)C(=O)O. The van der Waals surface area contributed by atoms with Gasteiger partial charge in [0.05, 0.1) is 5.92 Å². The lowest BCUT2D eigenvalue weighted by Gasteiger charge is -2.22. The number of aliphatic carboxylic acids is 1. The highest BCUT2D eigenvalue weighted by atomic mass is 16.4. The second-order valence-electron chi connectivity index (χ2n) is 3.96. The van der Waals surface area contributed by atoms with Gasteiger partial charge in [-0.25, -0.2) is 0 Å². The summed E-state index contributed by atoms with van der Waals surface area (Å²) < 4.78 is 0. The van der Waals surface area contributed by atoms with Gasteiger partial charge in [-0.3, -0.25) is 9.59 Å². The van der Waals surface area contributed by atoms with E-state index in [1.165, 1.54) is 0 Å². The molecule has 1 fully saturated rings. The lowest BCUT2D eigenvalue weighted by atomic mass is 9.83. The van der Waals surface area contributed by atoms with Gasteiger partial charge in [0, 0.05) is 12.8 Å². The van der Waals surface area contributed by atoms with Gasteiger partial charge in [0.25, 0.3) is 0 Å². The summed E-state index contributed by atoms with van der Waals surface area (Å²) in [4.78, 5) is 21.5. The average Bonchev–Trinajstić information content (AvgIpc) is 2.08. The van der Waals surface area contributed by atoms with E-state index in [1.54, 1.807) is 6.92 Å². The zero-order chi connectivity index (χ0) is 9.84. The van der Waals surface area contributed by atoms with E-state index in [-0.39, 0.29) is 5.92 Å². The molecule has 0 unspecified atom stereocenters. The topological polar surface area (TPSA) is 54.4 Å². The van der Waals surface area contributed by atoms with Crippen LogP contribution >= 0.6 is 0 Å². The summed E-state index contributed by atoms with van der Waals surface area (Å²) in [5, 5.41) is 8.70. The van der Waals surface area contributed by atoms with Gasteiger partial charge in [-0.2, -0.15) is 0 Å². The van der Waals surface area contributed by atoms with Crippen molar-refractivity contribution in [1.29, 1.82) is 0 Å². The van der Waals surface area contributed by atoms with Gasteiger partial charge in [-0.1, -0.05) is 6.92 Å². The molecular formula is C10H16O3. The van der Waals surface area contributed by atoms with Crippen LogP contribution in [0.15, 0.2) is 0 Å². The van der Waals surface area contributed by atoms with Crippen molar-refractivity contribution in [1.82, 2.24) is 0 Å². The van der Waals surface area contributed by atoms with E-state index >= 15 is 0 Å². The molecule has 74 valence electrons. The van der Waals surface area contributed by atoms with E-state index in [9.17, 15) is 9.59 Å². The Hall–Kier alpha value is -0.860. The maximum Gasteiger partial charge on any atom is 0.306 e. The van der Waals surface area contributed by atoms with Crippen LogP contribution in [-0.4, -0.2) is 16.9 Å². The zero-order valence-corrected chi connectivity index (χ0v) is 7.95. The zero-order valence-electron chi connectivity index (χ0n) is 7.95. The smallest absolute Gasteiger partial charge is 0.306 e. The Balaban J connectivity index is 2.30. The summed E-state index contributed by atoms with van der Waals surface area (Å²) in [6.45, 7) is 1.73. The predicted molar refractivity (Wildman–Crippen MR) is 48.4 cm³/mol. The molecule has 0 aromatic carbocycles. The highest BCUT2D eigenvalue weighted by molar-refractivity contribution is 5.79. The lowest BCUT2D eigenvalue weighted by molar-refractivity contribution is -0.141. The van der Waals surface area contributed by atoms with Crippen LogP contribution in [0.25, 0.3) is 0 Å². The Morgan fingerprint density at radius 3 is 2.54 bits per heavy atom. The molecule has 0 saturated heterocycles. The van der Waals surface area contributed by atoms with Crippen LogP contribution < -0.4 is 0 Å². The first-order valence-corrected chi connectivity index (χ1v) is 4.84. The fourth-order valence-electron chi connectivity index (χ4n) is 1.84. The standard InChI is InChI=1S/C10H16O3/c1-7(10(12)13)6-8-2-4-9(11)5-3-8/h7-8H,2-6H2,1H3,(H,12,13)/t7-/m1/s1. The van der Waals surface area contributed by atoms with Crippen molar-refractivity contribution in [3.05, 3.63) is 0 Å². The largest absolute Gasteiger partial charge is 0.481 e. The summed E-state index contributed by atoms with van der Waals surface area (Å²) in [6, 6.07) is 0. The van der Waals surface area contributed by atoms with Gasteiger partial charge < -0.3 is 5.11 Å². The number of hydrogen-bond donors (Lipinski definition) is 1. The molecular weight excluding hydrogens is 168 g/mol. The van der Waals surface area contributed by atoms with E-state index < -0.39 is 5.97 Å². The fourth-order valence-corrected chi connectivity index (χ4v) is 1.84. The summed E-state index contributed by atoms with van der Waals surface area (Å²) in [7, 11) is 0. The molecule has 1 rings (SSSR count). The van der Waals surface area contributed by atoms with Crippen LogP contribution in [0.4, 0.5) is 0 Å². The molecule has 0 bridgehead atoms. The maximum atomic E-state index is 10.9. The minimum atomic E-state index is -0.725. The van der Waals surface area contributed by atoms with E-state index in [4.69, 9.17) is 5.11 Å². The van der Waals surface area contributed by atoms with Gasteiger partial charge in [-0.05, 0) is 25.2 Å². The molecule has 0 radical (unpaired) electrons. The molecule has 0 aromatic heterocycles. The third-order valence-electron chi connectivity index (χ3n) is 2.77. The molecule has 0 aliphatic heterocycles. The van der Waals surface area contributed by atoms with Crippen molar-refractivity contribution < 1.29 is 14.7 Å². The van der Waals surface area contributed by atoms with Gasteiger partial charge in [-0.15, -0.1) is 0 Å². The summed E-state index contributed by atoms with van der Waals surface area (Å²) in [6.07, 6.45) is 3.80. The summed E-state index contributed by atoms with van der Waals surface area (Å²) in [5.74, 6) is -0.210. The van der Waals surface area contributed by atoms with Gasteiger partial charge in [0.2, 0.25) is 0 Å². The molecule has 3 heteroatoms. The number of carboxylic acid groups (broad SMARTS) is 1. The van der Waals surface area contributed by atoms with Crippen molar-refractivity contribution >= 4 is 11.8 Å². The van der Waals surface area contributed by atoms with Gasteiger partial charge in [0.1, 0.15) is 5.78 Å². The van der Waals surface area contributed by atoms with Crippen molar-refractivity contribution in [3.63, 3.8) is 0 Å². The predicted octanol–water partition coefficient (Wildman–Crippen LogP) is 1.86. The summed E-state index contributed by atoms with van der Waals surface area (Å²) in [5.41, 5.74) is 0. The minimum absolute atomic E-state index is 0.266. The number of ketones is 1. The molecule has 0 heterocycles. The van der Waals surface area contributed by atoms with Crippen molar-refractivity contribution in [3.8, 4) is 0 Å². The maximum absolute atomic E-state index is 10.9. The van der Waals surface area contributed by atoms with Crippen LogP contribution in [-0.2, 0) is 9.59 Å². The van der Waals surface area contributed by atoms with Crippen molar-refractivity contribution in [2.45, 2.75) is 39.0 Å². The van der Waals surface area contributed by atoms with Crippen LogP contribution in [0.2, 0.25) is 0 Å². The first-order chi connectivity index (χ1) is 6.09. The molecule has 1 N–H and O–H groups in total. The van der Waals surface area contributed by atoms with E-state index in [0.717, 1.165) is 19.3 Å². The van der Waals surface area contributed by atoms with Crippen molar-refractivity contribution in [2.24, 2.45) is 11.8 Å². The lowest BCUT2D eigenvalue weighted by Crippen LogP contribution is -2.19. The van der Waals surface area contributed by atoms with Crippen molar-refractivity contribution in [2.75, 3.05) is 0 Å². The Morgan fingerprint density at radius 2 is 2.08 bits per heavy atom. The number of hydrogen-bond acceptors (Lipinski definition) is 2. The van der Waals surface area contributed by atoms with Gasteiger partial charge >= 0.3 is 5.97 Å². The molecule has 0 amide bonds. The molecule has 13 heavy (non-hydrogen) atoms. The van der Waals surface area contributed by atoms with Gasteiger partial charge in [0.15, 0.2) is 0 Å². The first-order valence-electron chi connectivity index (χ1n) is 4.84. The average molecular weight is 184 g/mol. The fraction of sp³-hybridized carbons (Fsp3) is 0.800. The monoisotopic (exact) mass is 184 g/mol. The Kier molecular flexibility index (Phi) is 3.46. The normalized spacial score (nSPS) is 21.5. The number of carbonyl (C=O) groups is 2. The van der Waals surface area contributed by atoms with Crippen LogP contribution in [0.5, 0.6) is 0 Å². The first kappa shape index (κ1) is 10.2. The van der Waals surface area contributed by atoms with E-state index in [1.807, 2.05) is 0 Å². The molecule has 3 nitrogen and oxygen atoms in total. The molecule has 0 aromatic rings. The number of Topliss-reactive ketones (excluding diaryl/α,β-unsaturated/α-hetero) is 1. The minimum Gasteiger partial charge on any atom is -0.481 e. The third-order valence-corrected chi connectivity index (χ3v) is 2.77. The quantitative estimate of drug-likeness (QED) is 0.728. The van der Waals surface area contributed by atoms with Crippen LogP contribution in [0, 0.1) is 11.8 Å². The Labute approximate surface area is 78.1 Å². The Bertz CT molecular complexity index is 200.